The standard InChI is InChI=1S/C16H18BrN7/c17-13-3-1-2-10(5-13)8-24-9-11(7-21-24)4-12-6-14(18)22-16(23-20)15(12)19/h1-3,5-7,9H,4,8,19-20H2,(H3,18,22,23). The minimum atomic E-state index is 0.369. The Bertz CT molecular complexity index is 859. The minimum Gasteiger partial charge on any atom is -0.395 e. The van der Waals surface area contributed by atoms with Crippen LogP contribution in [0, 0.1) is 0 Å². The van der Waals surface area contributed by atoms with Crippen molar-refractivity contribution in [1.29, 1.82) is 0 Å². The van der Waals surface area contributed by atoms with Crippen LogP contribution in [-0.2, 0) is 13.0 Å². The van der Waals surface area contributed by atoms with Crippen molar-refractivity contribution in [2.75, 3.05) is 16.9 Å². The highest BCUT2D eigenvalue weighted by molar-refractivity contribution is 9.10. The van der Waals surface area contributed by atoms with Crippen LogP contribution in [0.1, 0.15) is 16.7 Å². The van der Waals surface area contributed by atoms with Gasteiger partial charge in [-0.2, -0.15) is 5.10 Å². The van der Waals surface area contributed by atoms with Gasteiger partial charge in [0.2, 0.25) is 0 Å². The first-order valence-corrected chi connectivity index (χ1v) is 8.11. The summed E-state index contributed by atoms with van der Waals surface area (Å²) >= 11 is 3.48. The van der Waals surface area contributed by atoms with Gasteiger partial charge >= 0.3 is 0 Å². The quantitative estimate of drug-likeness (QED) is 0.393. The number of halogens is 1. The van der Waals surface area contributed by atoms with Crippen molar-refractivity contribution in [3.8, 4) is 0 Å². The van der Waals surface area contributed by atoms with E-state index < -0.39 is 0 Å². The molecule has 2 heterocycles. The molecular formula is C16H18BrN7. The second kappa shape index (κ2) is 6.90. The van der Waals surface area contributed by atoms with Gasteiger partial charge in [0, 0.05) is 17.1 Å². The lowest BCUT2D eigenvalue weighted by molar-refractivity contribution is 0.686. The van der Waals surface area contributed by atoms with Gasteiger partial charge in [0.25, 0.3) is 0 Å². The second-order valence-corrected chi connectivity index (χ2v) is 6.38. The number of hydrogen-bond donors (Lipinski definition) is 4. The van der Waals surface area contributed by atoms with E-state index in [2.05, 4.69) is 43.6 Å². The van der Waals surface area contributed by atoms with Crippen LogP contribution in [-0.4, -0.2) is 14.8 Å². The third-order valence-electron chi connectivity index (χ3n) is 3.62. The van der Waals surface area contributed by atoms with Gasteiger partial charge in [0.1, 0.15) is 5.82 Å². The van der Waals surface area contributed by atoms with E-state index in [4.69, 9.17) is 17.3 Å². The Morgan fingerprint density at radius 1 is 1.17 bits per heavy atom. The van der Waals surface area contributed by atoms with E-state index in [9.17, 15) is 0 Å². The van der Waals surface area contributed by atoms with E-state index in [0.717, 1.165) is 15.6 Å². The molecular weight excluding hydrogens is 370 g/mol. The number of hydrogen-bond acceptors (Lipinski definition) is 6. The summed E-state index contributed by atoms with van der Waals surface area (Å²) < 4.78 is 2.94. The topological polar surface area (TPSA) is 121 Å². The summed E-state index contributed by atoms with van der Waals surface area (Å²) in [5.74, 6) is 6.17. The Kier molecular flexibility index (Phi) is 4.68. The third-order valence-corrected chi connectivity index (χ3v) is 4.11. The number of nitrogens with two attached hydrogens (primary N) is 3. The molecule has 0 aliphatic rings. The zero-order valence-corrected chi connectivity index (χ0v) is 14.5. The molecule has 0 saturated carbocycles. The molecule has 2 aromatic heterocycles. The lowest BCUT2D eigenvalue weighted by Crippen LogP contribution is -2.13. The van der Waals surface area contributed by atoms with Crippen molar-refractivity contribution in [2.45, 2.75) is 13.0 Å². The molecule has 0 saturated heterocycles. The lowest BCUT2D eigenvalue weighted by atomic mass is 10.1. The molecule has 1 aromatic carbocycles. The maximum absolute atomic E-state index is 6.06. The zero-order chi connectivity index (χ0) is 17.1. The number of anilines is 3. The number of hydrazine groups is 1. The normalized spacial score (nSPS) is 10.8. The fraction of sp³-hybridized carbons (Fsp3) is 0.125. The summed E-state index contributed by atoms with van der Waals surface area (Å²) in [6.07, 6.45) is 4.42. The molecule has 7 N–H and O–H groups in total. The molecule has 0 aliphatic carbocycles. The first-order chi connectivity index (χ1) is 11.5. The van der Waals surface area contributed by atoms with Crippen molar-refractivity contribution in [1.82, 2.24) is 14.8 Å². The summed E-state index contributed by atoms with van der Waals surface area (Å²) in [5, 5.41) is 4.41. The van der Waals surface area contributed by atoms with Crippen molar-refractivity contribution in [3.63, 3.8) is 0 Å². The molecule has 0 radical (unpaired) electrons. The molecule has 0 atom stereocenters. The Labute approximate surface area is 148 Å². The maximum atomic E-state index is 6.06. The van der Waals surface area contributed by atoms with Crippen LogP contribution in [0.15, 0.2) is 47.2 Å². The maximum Gasteiger partial charge on any atom is 0.165 e. The predicted molar refractivity (Wildman–Crippen MR) is 99.1 cm³/mol. The molecule has 3 rings (SSSR count). The third kappa shape index (κ3) is 3.66. The van der Waals surface area contributed by atoms with Crippen molar-refractivity contribution < 1.29 is 0 Å². The summed E-state index contributed by atoms with van der Waals surface area (Å²) in [7, 11) is 0. The monoisotopic (exact) mass is 387 g/mol. The highest BCUT2D eigenvalue weighted by Crippen LogP contribution is 2.24. The molecule has 7 nitrogen and oxygen atoms in total. The Morgan fingerprint density at radius 2 is 2.00 bits per heavy atom. The molecule has 8 heteroatoms. The number of rotatable bonds is 5. The van der Waals surface area contributed by atoms with Gasteiger partial charge in [-0.05, 0) is 34.9 Å². The van der Waals surface area contributed by atoms with E-state index in [1.54, 1.807) is 6.07 Å². The lowest BCUT2D eigenvalue weighted by Gasteiger charge is -2.10. The van der Waals surface area contributed by atoms with E-state index in [1.165, 1.54) is 5.56 Å². The highest BCUT2D eigenvalue weighted by Gasteiger charge is 2.10. The molecule has 0 amide bonds. The van der Waals surface area contributed by atoms with Gasteiger partial charge in [-0.1, -0.05) is 28.1 Å². The molecule has 0 fully saturated rings. The molecule has 24 heavy (non-hydrogen) atoms. The van der Waals surface area contributed by atoms with Crippen molar-refractivity contribution in [3.05, 3.63) is 63.9 Å². The van der Waals surface area contributed by atoms with Gasteiger partial charge < -0.3 is 16.9 Å². The molecule has 3 aromatic rings. The number of nitrogens with zero attached hydrogens (tertiary/aromatic N) is 3. The SMILES string of the molecule is NNc1nc(N)cc(Cc2cnn(Cc3cccc(Br)c3)c2)c1N. The first kappa shape index (κ1) is 16.3. The van der Waals surface area contributed by atoms with Crippen molar-refractivity contribution >= 4 is 33.3 Å². The predicted octanol–water partition coefficient (Wildman–Crippen LogP) is 2.13. The van der Waals surface area contributed by atoms with Gasteiger partial charge in [0.05, 0.1) is 18.4 Å². The Morgan fingerprint density at radius 3 is 2.75 bits per heavy atom. The van der Waals surface area contributed by atoms with Gasteiger partial charge in [-0.3, -0.25) is 4.68 Å². The van der Waals surface area contributed by atoms with Crippen LogP contribution in [0.4, 0.5) is 17.3 Å². The van der Waals surface area contributed by atoms with Crippen molar-refractivity contribution in [2.24, 2.45) is 5.84 Å². The van der Waals surface area contributed by atoms with Crippen LogP contribution < -0.4 is 22.7 Å². The van der Waals surface area contributed by atoms with Gasteiger partial charge in [-0.15, -0.1) is 0 Å². The van der Waals surface area contributed by atoms with Gasteiger partial charge in [-0.25, -0.2) is 10.8 Å². The van der Waals surface area contributed by atoms with E-state index in [1.807, 2.05) is 29.2 Å². The average Bonchev–Trinajstić information content (AvgIpc) is 2.97. The highest BCUT2D eigenvalue weighted by atomic mass is 79.9. The molecule has 0 unspecified atom stereocenters. The Balaban J connectivity index is 1.78. The molecule has 0 bridgehead atoms. The van der Waals surface area contributed by atoms with Gasteiger partial charge in [0.15, 0.2) is 5.82 Å². The summed E-state index contributed by atoms with van der Waals surface area (Å²) in [6.45, 7) is 0.697. The summed E-state index contributed by atoms with van der Waals surface area (Å²) in [6, 6.07) is 9.89. The molecule has 0 spiro atoms. The van der Waals surface area contributed by atoms with Crippen LogP contribution in [0.25, 0.3) is 0 Å². The zero-order valence-electron chi connectivity index (χ0n) is 12.9. The average molecular weight is 388 g/mol. The number of nitrogen functional groups attached to an aromatic ring is 3. The largest absolute Gasteiger partial charge is 0.395 e. The van der Waals surface area contributed by atoms with E-state index in [0.29, 0.717) is 30.3 Å². The summed E-state index contributed by atoms with van der Waals surface area (Å²) in [4.78, 5) is 4.05. The number of pyridine rings is 1. The minimum absolute atomic E-state index is 0.369. The van der Waals surface area contributed by atoms with Crippen LogP contribution in [0.3, 0.4) is 0 Å². The summed E-state index contributed by atoms with van der Waals surface area (Å²) in [5.41, 5.74) is 17.9. The van der Waals surface area contributed by atoms with E-state index in [-0.39, 0.29) is 0 Å². The number of nitrogens with one attached hydrogen (secondary N) is 1. The second-order valence-electron chi connectivity index (χ2n) is 5.47. The fourth-order valence-electron chi connectivity index (χ4n) is 2.51. The smallest absolute Gasteiger partial charge is 0.165 e. The molecule has 124 valence electrons. The Hall–Kier alpha value is -2.58. The number of aromatic nitrogens is 3. The van der Waals surface area contributed by atoms with Crippen LogP contribution in [0.5, 0.6) is 0 Å². The van der Waals surface area contributed by atoms with E-state index >= 15 is 0 Å². The van der Waals surface area contributed by atoms with Crippen LogP contribution >= 0.6 is 15.9 Å². The fourth-order valence-corrected chi connectivity index (χ4v) is 2.96. The van der Waals surface area contributed by atoms with Crippen LogP contribution in [0.2, 0.25) is 0 Å². The molecule has 0 aliphatic heterocycles. The number of benzene rings is 1. The first-order valence-electron chi connectivity index (χ1n) is 7.32.